The average Bonchev–Trinajstić information content (AvgIpc) is 2.90. The van der Waals surface area contributed by atoms with Gasteiger partial charge in [-0.1, -0.05) is 12.1 Å². The molecule has 0 unspecified atom stereocenters. The van der Waals surface area contributed by atoms with Gasteiger partial charge in [-0.15, -0.1) is 0 Å². The molecule has 2 aromatic rings. The van der Waals surface area contributed by atoms with Crippen molar-refractivity contribution in [2.75, 3.05) is 16.6 Å². The molecule has 4 nitrogen and oxygen atoms in total. The monoisotopic (exact) mass is 306 g/mol. The Labute approximate surface area is 123 Å². The highest BCUT2D eigenvalue weighted by Crippen LogP contribution is 2.27. The van der Waals surface area contributed by atoms with Crippen LogP contribution in [0.4, 0.5) is 15.8 Å². The molecular formula is C15H15FN2O2S. The number of nitrogens with one attached hydrogen (secondary N) is 2. The van der Waals surface area contributed by atoms with Gasteiger partial charge in [0.25, 0.3) is 10.0 Å². The van der Waals surface area contributed by atoms with Gasteiger partial charge in [-0.3, -0.25) is 4.72 Å². The van der Waals surface area contributed by atoms with Gasteiger partial charge in [-0.25, -0.2) is 12.8 Å². The molecule has 1 aliphatic heterocycles. The molecule has 0 saturated carbocycles. The summed E-state index contributed by atoms with van der Waals surface area (Å²) in [6.45, 7) is 2.54. The molecule has 0 spiro atoms. The van der Waals surface area contributed by atoms with E-state index in [0.717, 1.165) is 24.2 Å². The summed E-state index contributed by atoms with van der Waals surface area (Å²) in [6.07, 6.45) is 0.895. The van der Waals surface area contributed by atoms with E-state index in [1.807, 2.05) is 6.07 Å². The van der Waals surface area contributed by atoms with Crippen LogP contribution in [0.25, 0.3) is 0 Å². The summed E-state index contributed by atoms with van der Waals surface area (Å²) in [6, 6.07) is 9.01. The molecular weight excluding hydrogens is 291 g/mol. The van der Waals surface area contributed by atoms with Crippen molar-refractivity contribution in [2.24, 2.45) is 0 Å². The van der Waals surface area contributed by atoms with Gasteiger partial charge < -0.3 is 5.32 Å². The van der Waals surface area contributed by atoms with E-state index in [1.165, 1.54) is 18.2 Å². The predicted molar refractivity (Wildman–Crippen MR) is 80.6 cm³/mol. The maximum atomic E-state index is 13.3. The van der Waals surface area contributed by atoms with Crippen molar-refractivity contribution in [2.45, 2.75) is 18.2 Å². The molecule has 0 aliphatic carbocycles. The molecule has 0 amide bonds. The highest BCUT2D eigenvalue weighted by Gasteiger charge is 2.19. The molecule has 0 fully saturated rings. The lowest BCUT2D eigenvalue weighted by Crippen LogP contribution is -2.14. The summed E-state index contributed by atoms with van der Waals surface area (Å²) >= 11 is 0. The highest BCUT2D eigenvalue weighted by molar-refractivity contribution is 7.92. The lowest BCUT2D eigenvalue weighted by atomic mass is 10.2. The van der Waals surface area contributed by atoms with Crippen LogP contribution in [0, 0.1) is 12.7 Å². The summed E-state index contributed by atoms with van der Waals surface area (Å²) in [4.78, 5) is 0.166. The molecule has 0 aromatic heterocycles. The van der Waals surface area contributed by atoms with Crippen LogP contribution in [-0.4, -0.2) is 15.0 Å². The van der Waals surface area contributed by atoms with Crippen molar-refractivity contribution < 1.29 is 12.8 Å². The summed E-state index contributed by atoms with van der Waals surface area (Å²) in [5.74, 6) is -0.478. The molecule has 2 N–H and O–H groups in total. The standard InChI is InChI=1S/C15H15FN2O2S/c1-10-2-4-12(16)8-14(10)18-21(19,20)13-5-3-11-6-7-17-15(11)9-13/h2-5,8-9,17-18H,6-7H2,1H3. The average molecular weight is 306 g/mol. The van der Waals surface area contributed by atoms with Crippen molar-refractivity contribution in [3.63, 3.8) is 0 Å². The number of anilines is 2. The van der Waals surface area contributed by atoms with E-state index >= 15 is 0 Å². The highest BCUT2D eigenvalue weighted by atomic mass is 32.2. The Balaban J connectivity index is 1.95. The molecule has 2 aromatic carbocycles. The van der Waals surface area contributed by atoms with E-state index in [9.17, 15) is 12.8 Å². The predicted octanol–water partition coefficient (Wildman–Crippen LogP) is 2.90. The van der Waals surface area contributed by atoms with E-state index < -0.39 is 15.8 Å². The van der Waals surface area contributed by atoms with Gasteiger partial charge in [0.1, 0.15) is 5.82 Å². The van der Waals surface area contributed by atoms with Gasteiger partial charge in [-0.2, -0.15) is 0 Å². The summed E-state index contributed by atoms with van der Waals surface area (Å²) in [5.41, 5.74) is 2.87. The first-order valence-corrected chi connectivity index (χ1v) is 8.10. The molecule has 0 radical (unpaired) electrons. The van der Waals surface area contributed by atoms with E-state index in [2.05, 4.69) is 10.0 Å². The molecule has 0 bridgehead atoms. The summed E-state index contributed by atoms with van der Waals surface area (Å²) in [7, 11) is -3.73. The third kappa shape index (κ3) is 2.71. The zero-order valence-corrected chi connectivity index (χ0v) is 12.3. The molecule has 110 valence electrons. The summed E-state index contributed by atoms with van der Waals surface area (Å²) < 4.78 is 40.5. The Morgan fingerprint density at radius 2 is 2.00 bits per heavy atom. The van der Waals surface area contributed by atoms with Gasteiger partial charge in [-0.05, 0) is 48.7 Å². The quantitative estimate of drug-likeness (QED) is 0.916. The Hall–Kier alpha value is -2.08. The number of sulfonamides is 1. The largest absolute Gasteiger partial charge is 0.384 e. The van der Waals surface area contributed by atoms with Crippen LogP contribution in [0.15, 0.2) is 41.3 Å². The first-order chi connectivity index (χ1) is 9.95. The number of halogens is 1. The number of hydrogen-bond acceptors (Lipinski definition) is 3. The van der Waals surface area contributed by atoms with Crippen molar-refractivity contribution in [3.8, 4) is 0 Å². The van der Waals surface area contributed by atoms with Crippen LogP contribution in [0.3, 0.4) is 0 Å². The van der Waals surface area contributed by atoms with Crippen molar-refractivity contribution in [1.82, 2.24) is 0 Å². The van der Waals surface area contributed by atoms with Crippen molar-refractivity contribution >= 4 is 21.4 Å². The number of benzene rings is 2. The maximum absolute atomic E-state index is 13.3. The molecule has 1 aliphatic rings. The number of hydrogen-bond donors (Lipinski definition) is 2. The minimum absolute atomic E-state index is 0.166. The Morgan fingerprint density at radius 3 is 2.81 bits per heavy atom. The van der Waals surface area contributed by atoms with Gasteiger partial charge >= 0.3 is 0 Å². The molecule has 21 heavy (non-hydrogen) atoms. The van der Waals surface area contributed by atoms with E-state index in [0.29, 0.717) is 5.56 Å². The third-order valence-corrected chi connectivity index (χ3v) is 4.91. The smallest absolute Gasteiger partial charge is 0.261 e. The minimum atomic E-state index is -3.73. The normalized spacial score (nSPS) is 13.6. The fraction of sp³-hybridized carbons (Fsp3) is 0.200. The van der Waals surface area contributed by atoms with E-state index in [4.69, 9.17) is 0 Å². The van der Waals surface area contributed by atoms with Crippen LogP contribution in [0.5, 0.6) is 0 Å². The zero-order valence-electron chi connectivity index (χ0n) is 11.5. The first-order valence-electron chi connectivity index (χ1n) is 6.61. The number of aryl methyl sites for hydroxylation is 1. The number of fused-ring (bicyclic) bond motifs is 1. The minimum Gasteiger partial charge on any atom is -0.384 e. The lowest BCUT2D eigenvalue weighted by molar-refractivity contribution is 0.601. The van der Waals surface area contributed by atoms with E-state index in [1.54, 1.807) is 19.1 Å². The fourth-order valence-corrected chi connectivity index (χ4v) is 3.49. The SMILES string of the molecule is Cc1ccc(F)cc1NS(=O)(=O)c1ccc2c(c1)NCC2. The van der Waals surface area contributed by atoms with Gasteiger partial charge in [0.2, 0.25) is 0 Å². The van der Waals surface area contributed by atoms with Crippen LogP contribution in [-0.2, 0) is 16.4 Å². The first kappa shape index (κ1) is 13.9. The topological polar surface area (TPSA) is 58.2 Å². The number of rotatable bonds is 3. The van der Waals surface area contributed by atoms with Crippen LogP contribution >= 0.6 is 0 Å². The molecule has 6 heteroatoms. The van der Waals surface area contributed by atoms with Gasteiger partial charge in [0.15, 0.2) is 0 Å². The second kappa shape index (κ2) is 5.04. The lowest BCUT2D eigenvalue weighted by Gasteiger charge is -2.11. The van der Waals surface area contributed by atoms with Crippen molar-refractivity contribution in [1.29, 1.82) is 0 Å². The Morgan fingerprint density at radius 1 is 1.19 bits per heavy atom. The Bertz CT molecular complexity index is 803. The van der Waals surface area contributed by atoms with Crippen LogP contribution in [0.2, 0.25) is 0 Å². The Kier molecular flexibility index (Phi) is 3.33. The third-order valence-electron chi connectivity index (χ3n) is 3.55. The van der Waals surface area contributed by atoms with Gasteiger partial charge in [0, 0.05) is 12.2 Å². The molecule has 3 rings (SSSR count). The van der Waals surface area contributed by atoms with Crippen LogP contribution in [0.1, 0.15) is 11.1 Å². The van der Waals surface area contributed by atoms with Crippen molar-refractivity contribution in [3.05, 3.63) is 53.3 Å². The molecule has 0 saturated heterocycles. The maximum Gasteiger partial charge on any atom is 0.261 e. The second-order valence-corrected chi connectivity index (χ2v) is 6.74. The van der Waals surface area contributed by atoms with Crippen LogP contribution < -0.4 is 10.0 Å². The van der Waals surface area contributed by atoms with Gasteiger partial charge in [0.05, 0.1) is 10.6 Å². The zero-order chi connectivity index (χ0) is 15.0. The molecule has 1 heterocycles. The second-order valence-electron chi connectivity index (χ2n) is 5.06. The molecule has 0 atom stereocenters. The van der Waals surface area contributed by atoms with E-state index in [-0.39, 0.29) is 10.6 Å². The summed E-state index contributed by atoms with van der Waals surface area (Å²) in [5, 5.41) is 3.14. The fourth-order valence-electron chi connectivity index (χ4n) is 2.34.